The number of thioether (sulfide) groups is 1. The molecule has 30 heavy (non-hydrogen) atoms. The predicted molar refractivity (Wildman–Crippen MR) is 122 cm³/mol. The summed E-state index contributed by atoms with van der Waals surface area (Å²) in [4.78, 5) is 35.2. The van der Waals surface area contributed by atoms with E-state index in [4.69, 9.17) is 9.40 Å². The second-order valence-corrected chi connectivity index (χ2v) is 8.93. The zero-order chi connectivity index (χ0) is 20.7. The van der Waals surface area contributed by atoms with Crippen LogP contribution in [0.3, 0.4) is 0 Å². The van der Waals surface area contributed by atoms with E-state index in [2.05, 4.69) is 29.4 Å². The summed E-state index contributed by atoms with van der Waals surface area (Å²) in [7, 11) is 0. The first kappa shape index (κ1) is 19.1. The number of amides is 1. The van der Waals surface area contributed by atoms with Crippen LogP contribution in [0.4, 0.5) is 5.13 Å². The van der Waals surface area contributed by atoms with E-state index in [0.717, 1.165) is 16.0 Å². The minimum atomic E-state index is -0.586. The highest BCUT2D eigenvalue weighted by atomic mass is 32.2. The summed E-state index contributed by atoms with van der Waals surface area (Å²) < 4.78 is 6.50. The monoisotopic (exact) mass is 437 g/mol. The quantitative estimate of drug-likeness (QED) is 0.355. The lowest BCUT2D eigenvalue weighted by atomic mass is 10.1. The van der Waals surface area contributed by atoms with Crippen molar-refractivity contribution in [3.8, 4) is 0 Å². The number of benzene rings is 2. The zero-order valence-corrected chi connectivity index (χ0v) is 18.0. The molecule has 2 aromatic carbocycles. The molecule has 0 atom stereocenters. The molecule has 0 unspecified atom stereocenters. The number of hydrogen-bond acceptors (Lipinski definition) is 7. The Morgan fingerprint density at radius 1 is 1.10 bits per heavy atom. The molecule has 0 radical (unpaired) electrons. The molecule has 1 saturated heterocycles. The van der Waals surface area contributed by atoms with E-state index >= 15 is 0 Å². The fourth-order valence-corrected chi connectivity index (χ4v) is 5.37. The van der Waals surface area contributed by atoms with Crippen LogP contribution in [-0.2, 0) is 0 Å². The van der Waals surface area contributed by atoms with E-state index < -0.39 is 5.63 Å². The molecular formula is C22H19N3O3S2. The van der Waals surface area contributed by atoms with E-state index in [1.54, 1.807) is 46.2 Å². The highest BCUT2D eigenvalue weighted by Crippen LogP contribution is 2.34. The maximum Gasteiger partial charge on any atom is 0.349 e. The van der Waals surface area contributed by atoms with Gasteiger partial charge in [-0.2, -0.15) is 0 Å². The average molecular weight is 438 g/mol. The van der Waals surface area contributed by atoms with Crippen molar-refractivity contribution in [2.24, 2.45) is 0 Å². The summed E-state index contributed by atoms with van der Waals surface area (Å²) in [6, 6.07) is 15.1. The molecule has 8 heteroatoms. The van der Waals surface area contributed by atoms with Crippen LogP contribution >= 0.6 is 23.1 Å². The van der Waals surface area contributed by atoms with Crippen molar-refractivity contribution in [1.29, 1.82) is 0 Å². The fraction of sp³-hybridized carbons (Fsp3) is 0.227. The molecule has 6 nitrogen and oxygen atoms in total. The molecule has 4 aromatic rings. The van der Waals surface area contributed by atoms with E-state index in [9.17, 15) is 9.59 Å². The van der Waals surface area contributed by atoms with Gasteiger partial charge < -0.3 is 14.2 Å². The third-order valence-corrected chi connectivity index (χ3v) is 7.15. The van der Waals surface area contributed by atoms with Crippen LogP contribution in [-0.4, -0.2) is 48.2 Å². The Morgan fingerprint density at radius 3 is 2.70 bits per heavy atom. The Labute approximate surface area is 181 Å². The number of thiazole rings is 1. The van der Waals surface area contributed by atoms with Gasteiger partial charge in [0.25, 0.3) is 5.91 Å². The molecule has 3 heterocycles. The number of fused-ring (bicyclic) bond motifs is 2. The van der Waals surface area contributed by atoms with Gasteiger partial charge in [0.05, 0.1) is 10.2 Å². The largest absolute Gasteiger partial charge is 0.422 e. The number of hydrogen-bond donors (Lipinski definition) is 0. The van der Waals surface area contributed by atoms with Crippen LogP contribution in [0, 0.1) is 0 Å². The molecule has 152 valence electrons. The lowest BCUT2D eigenvalue weighted by Gasteiger charge is -2.34. The van der Waals surface area contributed by atoms with Gasteiger partial charge in [0.1, 0.15) is 11.1 Å². The van der Waals surface area contributed by atoms with Crippen molar-refractivity contribution in [3.05, 3.63) is 64.5 Å². The Kier molecular flexibility index (Phi) is 4.96. The zero-order valence-electron chi connectivity index (χ0n) is 16.3. The van der Waals surface area contributed by atoms with Crippen LogP contribution in [0.5, 0.6) is 0 Å². The van der Waals surface area contributed by atoms with Crippen LogP contribution in [0.25, 0.3) is 21.2 Å². The first-order chi connectivity index (χ1) is 14.6. The highest BCUT2D eigenvalue weighted by molar-refractivity contribution is 7.98. The summed E-state index contributed by atoms with van der Waals surface area (Å²) in [5, 5.41) is 1.72. The second-order valence-electron chi connectivity index (χ2n) is 7.07. The van der Waals surface area contributed by atoms with Gasteiger partial charge in [0.2, 0.25) is 0 Å². The van der Waals surface area contributed by atoms with Crippen molar-refractivity contribution in [3.63, 3.8) is 0 Å². The van der Waals surface area contributed by atoms with Crippen LogP contribution < -0.4 is 10.5 Å². The average Bonchev–Trinajstić information content (AvgIpc) is 3.23. The number of nitrogens with zero attached hydrogens (tertiary/aromatic N) is 3. The molecule has 5 rings (SSSR count). The Balaban J connectivity index is 1.34. The number of carbonyl (C=O) groups excluding carboxylic acids is 1. The number of para-hydroxylation sites is 2. The van der Waals surface area contributed by atoms with Gasteiger partial charge in [-0.05, 0) is 30.5 Å². The summed E-state index contributed by atoms with van der Waals surface area (Å²) in [5.74, 6) is -0.275. The Hall–Kier alpha value is -2.84. The molecule has 1 fully saturated rings. The third kappa shape index (κ3) is 3.36. The highest BCUT2D eigenvalue weighted by Gasteiger charge is 2.26. The van der Waals surface area contributed by atoms with Crippen molar-refractivity contribution in [1.82, 2.24) is 9.88 Å². The summed E-state index contributed by atoms with van der Waals surface area (Å²) in [5.41, 5.74) is 1.03. The minimum Gasteiger partial charge on any atom is -0.422 e. The second kappa shape index (κ2) is 7.77. The van der Waals surface area contributed by atoms with E-state index in [0.29, 0.717) is 31.8 Å². The lowest BCUT2D eigenvalue weighted by Crippen LogP contribution is -2.49. The van der Waals surface area contributed by atoms with E-state index in [1.807, 2.05) is 12.1 Å². The van der Waals surface area contributed by atoms with Crippen LogP contribution in [0.1, 0.15) is 10.4 Å². The van der Waals surface area contributed by atoms with Gasteiger partial charge in [-0.3, -0.25) is 4.79 Å². The number of aromatic nitrogens is 1. The molecule has 1 aliphatic heterocycles. The van der Waals surface area contributed by atoms with Gasteiger partial charge in [-0.1, -0.05) is 35.6 Å². The fourth-order valence-electron chi connectivity index (χ4n) is 3.69. The van der Waals surface area contributed by atoms with Crippen LogP contribution in [0.2, 0.25) is 0 Å². The standard InChI is InChI=1S/C22H19N3O3S2/c1-29-17-7-4-8-18-19(17)23-22(30-18)25-11-9-24(10-12-25)20(26)15-13-14-5-2-3-6-16(14)28-21(15)27/h2-8,13H,9-12H2,1H3. The molecule has 1 amide bonds. The Bertz CT molecular complexity index is 1310. The first-order valence-corrected chi connectivity index (χ1v) is 11.7. The lowest BCUT2D eigenvalue weighted by molar-refractivity contribution is 0.0742. The van der Waals surface area contributed by atoms with Crippen molar-refractivity contribution < 1.29 is 9.21 Å². The summed E-state index contributed by atoms with van der Waals surface area (Å²) in [6.45, 7) is 2.44. The molecule has 0 saturated carbocycles. The molecule has 0 bridgehead atoms. The number of piperazine rings is 1. The molecule has 1 aliphatic rings. The van der Waals surface area contributed by atoms with Crippen molar-refractivity contribution in [2.75, 3.05) is 37.3 Å². The maximum atomic E-state index is 13.0. The molecule has 0 N–H and O–H groups in total. The molecule has 0 spiro atoms. The van der Waals surface area contributed by atoms with Crippen LogP contribution in [0.15, 0.2) is 62.6 Å². The minimum absolute atomic E-state index is 0.0896. The maximum absolute atomic E-state index is 13.0. The number of carbonyl (C=O) groups is 1. The molecule has 2 aromatic heterocycles. The first-order valence-electron chi connectivity index (χ1n) is 9.65. The molecular weight excluding hydrogens is 418 g/mol. The van der Waals surface area contributed by atoms with Crippen molar-refractivity contribution in [2.45, 2.75) is 4.90 Å². The normalized spacial score (nSPS) is 14.6. The van der Waals surface area contributed by atoms with E-state index in [1.165, 1.54) is 9.60 Å². The summed E-state index contributed by atoms with van der Waals surface area (Å²) >= 11 is 3.37. The van der Waals surface area contributed by atoms with Gasteiger partial charge in [-0.15, -0.1) is 11.8 Å². The third-order valence-electron chi connectivity index (χ3n) is 5.30. The summed E-state index contributed by atoms with van der Waals surface area (Å²) in [6.07, 6.45) is 2.06. The smallest absolute Gasteiger partial charge is 0.349 e. The SMILES string of the molecule is CSc1cccc2sc(N3CCN(C(=O)c4cc5ccccc5oc4=O)CC3)nc12. The van der Waals surface area contributed by atoms with Gasteiger partial charge in [0.15, 0.2) is 5.13 Å². The Morgan fingerprint density at radius 2 is 1.90 bits per heavy atom. The topological polar surface area (TPSA) is 66.7 Å². The van der Waals surface area contributed by atoms with Gasteiger partial charge in [-0.25, -0.2) is 9.78 Å². The number of rotatable bonds is 3. The molecule has 0 aliphatic carbocycles. The number of anilines is 1. The predicted octanol–water partition coefficient (Wildman–Crippen LogP) is 4.09. The van der Waals surface area contributed by atoms with Gasteiger partial charge >= 0.3 is 5.63 Å². The van der Waals surface area contributed by atoms with Crippen molar-refractivity contribution >= 4 is 55.3 Å². The van der Waals surface area contributed by atoms with Gasteiger partial charge in [0, 0.05) is 36.5 Å². The van der Waals surface area contributed by atoms with E-state index in [-0.39, 0.29) is 11.5 Å².